The number of carboxylic acid groups (broad SMARTS) is 4. The molecule has 0 aliphatic heterocycles. The van der Waals surface area contributed by atoms with Crippen LogP contribution in [-0.2, 0) is 16.0 Å². The molecule has 0 fully saturated rings. The van der Waals surface area contributed by atoms with Gasteiger partial charge in [-0.15, -0.1) is 0 Å². The molecule has 0 aliphatic rings. The number of hydrogen-bond acceptors (Lipinski definition) is 2. The van der Waals surface area contributed by atoms with E-state index in [0.717, 1.165) is 5.56 Å². The van der Waals surface area contributed by atoms with Crippen LogP contribution in [0, 0.1) is 10.7 Å². The summed E-state index contributed by atoms with van der Waals surface area (Å²) in [6.07, 6.45) is -3.67. The summed E-state index contributed by atoms with van der Waals surface area (Å²) in [7, 11) is 0. The summed E-state index contributed by atoms with van der Waals surface area (Å²) in [6.45, 7) is 0. The maximum atomic E-state index is 8.56. The van der Waals surface area contributed by atoms with Gasteiger partial charge in [0.25, 0.3) is 0 Å². The Balaban J connectivity index is 0. The van der Waals surface area contributed by atoms with Gasteiger partial charge in [-0.05, 0) is 0 Å². The molecule has 0 bridgehead atoms. The Morgan fingerprint density at radius 3 is 1.59 bits per heavy atom. The summed E-state index contributed by atoms with van der Waals surface area (Å²) in [5, 5.41) is 27.9. The maximum absolute atomic E-state index is 8.56. The molecule has 0 aromatic heterocycles. The average molecular weight is 281 g/mol. The van der Waals surface area contributed by atoms with Crippen LogP contribution < -0.4 is 0 Å². The molecule has 93 valence electrons. The topological polar surface area (TPSA) is 115 Å². The van der Waals surface area contributed by atoms with E-state index in [0.29, 0.717) is 0 Å². The summed E-state index contributed by atoms with van der Waals surface area (Å²) in [6, 6.07) is 9.80. The molecule has 0 spiro atoms. The fraction of sp³-hybridized carbons (Fsp3) is 0. The van der Waals surface area contributed by atoms with E-state index in [1.807, 2.05) is 30.3 Å². The molecule has 0 heterocycles. The first kappa shape index (κ1) is 17.2. The third kappa shape index (κ3) is 24.8. The first-order valence-electron chi connectivity index (χ1n) is 3.89. The van der Waals surface area contributed by atoms with Gasteiger partial charge in [-0.2, -0.15) is 0 Å². The summed E-state index contributed by atoms with van der Waals surface area (Å²) in [5.74, 6) is 2.85. The third-order valence-corrected chi connectivity index (χ3v) is 1.10. The Labute approximate surface area is 105 Å². The molecular weight excluding hydrogens is 272 g/mol. The molecule has 1 aromatic carbocycles. The standard InChI is InChI=1S/C8H5.2CH2O3.Fe/c1-2-8-6-4-3-5-7-8;2*2-1(3)4;/h3-7H;2*(H2,2,3,4);. The predicted octanol–water partition coefficient (Wildman–Crippen LogP) is 1.99. The first-order chi connectivity index (χ1) is 7.90. The fourth-order valence-electron chi connectivity index (χ4n) is 0.573. The number of benzene rings is 1. The van der Waals surface area contributed by atoms with Crippen LogP contribution in [-0.4, -0.2) is 32.7 Å². The first-order valence-corrected chi connectivity index (χ1v) is 4.44. The zero-order valence-electron chi connectivity index (χ0n) is 8.35. The average Bonchev–Trinajstić information content (AvgIpc) is 2.18. The van der Waals surface area contributed by atoms with Crippen molar-refractivity contribution in [2.45, 2.75) is 0 Å². The van der Waals surface area contributed by atoms with Gasteiger partial charge in [0.05, 0.1) is 0 Å². The number of carbonyl (C=O) groups is 2. The molecule has 6 nitrogen and oxygen atoms in total. The van der Waals surface area contributed by atoms with Crippen molar-refractivity contribution in [3.05, 3.63) is 35.9 Å². The minimum absolute atomic E-state index is 1.02. The van der Waals surface area contributed by atoms with Gasteiger partial charge >= 0.3 is 75.0 Å². The van der Waals surface area contributed by atoms with Gasteiger partial charge in [0.1, 0.15) is 0 Å². The third-order valence-electron chi connectivity index (χ3n) is 0.962. The van der Waals surface area contributed by atoms with E-state index in [1.165, 1.54) is 0 Å². The molecule has 1 aromatic rings. The van der Waals surface area contributed by atoms with Gasteiger partial charge in [0.15, 0.2) is 0 Å². The van der Waals surface area contributed by atoms with E-state index in [-0.39, 0.29) is 0 Å². The van der Waals surface area contributed by atoms with Crippen molar-refractivity contribution in [1.82, 2.24) is 0 Å². The van der Waals surface area contributed by atoms with Crippen molar-refractivity contribution in [3.63, 3.8) is 0 Å². The zero-order chi connectivity index (χ0) is 13.7. The van der Waals surface area contributed by atoms with Crippen molar-refractivity contribution in [2.24, 2.45) is 0 Å². The van der Waals surface area contributed by atoms with Crippen LogP contribution in [0.3, 0.4) is 0 Å². The van der Waals surface area contributed by atoms with Crippen LogP contribution >= 0.6 is 0 Å². The van der Waals surface area contributed by atoms with Crippen molar-refractivity contribution < 1.29 is 46.0 Å². The molecule has 0 atom stereocenters. The molecule has 0 saturated carbocycles. The normalized spacial score (nSPS) is 6.88. The van der Waals surface area contributed by atoms with E-state index in [4.69, 9.17) is 30.0 Å². The van der Waals surface area contributed by atoms with E-state index < -0.39 is 12.3 Å². The van der Waals surface area contributed by atoms with Gasteiger partial charge in [-0.25, -0.2) is 9.59 Å². The molecule has 7 heteroatoms. The second-order valence-electron chi connectivity index (χ2n) is 2.14. The van der Waals surface area contributed by atoms with Crippen LogP contribution in [0.1, 0.15) is 5.56 Å². The predicted molar refractivity (Wildman–Crippen MR) is 54.6 cm³/mol. The van der Waals surface area contributed by atoms with Crippen LogP contribution in [0.4, 0.5) is 9.59 Å². The van der Waals surface area contributed by atoms with Crippen LogP contribution in [0.15, 0.2) is 30.3 Å². The molecule has 0 radical (unpaired) electrons. The Morgan fingerprint density at radius 1 is 0.941 bits per heavy atom. The molecule has 4 N–H and O–H groups in total. The molecule has 1 rings (SSSR count). The zero-order valence-corrected chi connectivity index (χ0v) is 9.45. The van der Waals surface area contributed by atoms with Crippen molar-refractivity contribution >= 4 is 12.3 Å². The van der Waals surface area contributed by atoms with E-state index in [9.17, 15) is 0 Å². The fourth-order valence-corrected chi connectivity index (χ4v) is 0.732. The van der Waals surface area contributed by atoms with Gasteiger partial charge in [0.2, 0.25) is 0 Å². The molecule has 0 aliphatic carbocycles. The van der Waals surface area contributed by atoms with Gasteiger partial charge in [-0.1, -0.05) is 0 Å². The van der Waals surface area contributed by atoms with Gasteiger partial charge < -0.3 is 20.4 Å². The summed E-state index contributed by atoms with van der Waals surface area (Å²) in [4.78, 5) is 19.7. The Kier molecular flexibility index (Phi) is 12.1. The second-order valence-corrected chi connectivity index (χ2v) is 2.42. The van der Waals surface area contributed by atoms with Crippen LogP contribution in [0.2, 0.25) is 0 Å². The molecular formula is C10H9FeO6. The van der Waals surface area contributed by atoms with Crippen LogP contribution in [0.25, 0.3) is 0 Å². The van der Waals surface area contributed by atoms with Crippen LogP contribution in [0.5, 0.6) is 0 Å². The van der Waals surface area contributed by atoms with Gasteiger partial charge in [0, 0.05) is 0 Å². The summed E-state index contributed by atoms with van der Waals surface area (Å²) >= 11 is 3.42. The molecule has 17 heavy (non-hydrogen) atoms. The van der Waals surface area contributed by atoms with Crippen molar-refractivity contribution in [1.29, 1.82) is 0 Å². The minimum atomic E-state index is -1.83. The van der Waals surface area contributed by atoms with Crippen molar-refractivity contribution in [3.8, 4) is 10.7 Å². The summed E-state index contributed by atoms with van der Waals surface area (Å²) < 4.78 is 0. The summed E-state index contributed by atoms with van der Waals surface area (Å²) in [5.41, 5.74) is 1.02. The van der Waals surface area contributed by atoms with E-state index >= 15 is 0 Å². The Morgan fingerprint density at radius 2 is 1.29 bits per heavy atom. The number of hydrogen-bond donors (Lipinski definition) is 4. The monoisotopic (exact) mass is 281 g/mol. The Hall–Kier alpha value is -2.16. The SMILES string of the molecule is O=C(O)O.O=C(O)O.[Fe][C]#Cc1ccccc1. The van der Waals surface area contributed by atoms with Gasteiger partial charge in [-0.3, -0.25) is 0 Å². The number of rotatable bonds is 0. The van der Waals surface area contributed by atoms with E-state index in [2.05, 4.69) is 26.8 Å². The van der Waals surface area contributed by atoms with Crippen molar-refractivity contribution in [2.75, 3.05) is 0 Å². The quantitative estimate of drug-likeness (QED) is 0.427. The molecule has 0 unspecified atom stereocenters. The second kappa shape index (κ2) is 11.9. The molecule has 0 amide bonds. The Bertz CT molecular complexity index is 372. The van der Waals surface area contributed by atoms with E-state index in [1.54, 1.807) is 0 Å². The molecule has 0 saturated heterocycles.